The first-order valence-corrected chi connectivity index (χ1v) is 5.98. The molecule has 0 saturated carbocycles. The van der Waals surface area contributed by atoms with E-state index in [0.29, 0.717) is 5.92 Å². The summed E-state index contributed by atoms with van der Waals surface area (Å²) in [6, 6.07) is 4.36. The van der Waals surface area contributed by atoms with Gasteiger partial charge in [-0.05, 0) is 48.9 Å². The quantitative estimate of drug-likeness (QED) is 0.829. The van der Waals surface area contributed by atoms with Crippen molar-refractivity contribution >= 4 is 0 Å². The van der Waals surface area contributed by atoms with E-state index in [4.69, 9.17) is 10.5 Å². The van der Waals surface area contributed by atoms with E-state index in [1.165, 1.54) is 16.7 Å². The number of rotatable bonds is 5. The molecule has 90 valence electrons. The first-order chi connectivity index (χ1) is 7.61. The lowest BCUT2D eigenvalue weighted by Crippen LogP contribution is -2.06. The van der Waals surface area contributed by atoms with Crippen LogP contribution in [0.3, 0.4) is 0 Å². The van der Waals surface area contributed by atoms with Crippen molar-refractivity contribution in [3.05, 3.63) is 28.8 Å². The molecule has 2 heteroatoms. The summed E-state index contributed by atoms with van der Waals surface area (Å²) in [6.45, 7) is 7.26. The van der Waals surface area contributed by atoms with Crippen molar-refractivity contribution in [1.29, 1.82) is 0 Å². The van der Waals surface area contributed by atoms with Crippen molar-refractivity contribution < 1.29 is 4.74 Å². The summed E-state index contributed by atoms with van der Waals surface area (Å²) in [5.74, 6) is 1.57. The van der Waals surface area contributed by atoms with Crippen molar-refractivity contribution in [2.24, 2.45) is 5.73 Å². The monoisotopic (exact) mass is 221 g/mol. The van der Waals surface area contributed by atoms with Gasteiger partial charge in [-0.3, -0.25) is 0 Å². The summed E-state index contributed by atoms with van der Waals surface area (Å²) < 4.78 is 5.52. The van der Waals surface area contributed by atoms with Crippen molar-refractivity contribution in [3.63, 3.8) is 0 Å². The van der Waals surface area contributed by atoms with Crippen LogP contribution in [0.4, 0.5) is 0 Å². The molecule has 0 bridgehead atoms. The summed E-state index contributed by atoms with van der Waals surface area (Å²) >= 11 is 0. The Hall–Kier alpha value is -1.02. The Kier molecular flexibility index (Phi) is 4.81. The number of hydrogen-bond acceptors (Lipinski definition) is 2. The van der Waals surface area contributed by atoms with Crippen LogP contribution >= 0.6 is 0 Å². The van der Waals surface area contributed by atoms with Gasteiger partial charge in [-0.1, -0.05) is 26.0 Å². The van der Waals surface area contributed by atoms with Crippen LogP contribution in [-0.4, -0.2) is 13.7 Å². The lowest BCUT2D eigenvalue weighted by atomic mass is 9.92. The van der Waals surface area contributed by atoms with Crippen molar-refractivity contribution in [3.8, 4) is 5.75 Å². The molecule has 0 spiro atoms. The number of ether oxygens (including phenoxy) is 1. The second-order valence-corrected chi connectivity index (χ2v) is 4.53. The average molecular weight is 221 g/mol. The molecule has 0 aromatic heterocycles. The SMILES string of the molecule is COc1c(C)ccc(C(C)C)c1CCCN. The zero-order valence-electron chi connectivity index (χ0n) is 10.8. The van der Waals surface area contributed by atoms with E-state index in [0.717, 1.165) is 25.1 Å². The van der Waals surface area contributed by atoms with Crippen molar-refractivity contribution in [1.82, 2.24) is 0 Å². The summed E-state index contributed by atoms with van der Waals surface area (Å²) in [6.07, 6.45) is 2.02. The average Bonchev–Trinajstić information content (AvgIpc) is 2.25. The van der Waals surface area contributed by atoms with E-state index >= 15 is 0 Å². The molecule has 0 aliphatic carbocycles. The Morgan fingerprint density at radius 3 is 2.50 bits per heavy atom. The molecule has 1 aromatic rings. The van der Waals surface area contributed by atoms with E-state index in [1.807, 2.05) is 0 Å². The molecular formula is C14H23NO. The Labute approximate surface area is 98.8 Å². The van der Waals surface area contributed by atoms with Crippen LogP contribution in [0.15, 0.2) is 12.1 Å². The minimum absolute atomic E-state index is 0.530. The Morgan fingerprint density at radius 1 is 1.31 bits per heavy atom. The minimum atomic E-state index is 0.530. The Morgan fingerprint density at radius 2 is 2.00 bits per heavy atom. The van der Waals surface area contributed by atoms with Crippen LogP contribution < -0.4 is 10.5 Å². The van der Waals surface area contributed by atoms with Crippen LogP contribution in [0, 0.1) is 6.92 Å². The normalized spacial score (nSPS) is 10.9. The largest absolute Gasteiger partial charge is 0.496 e. The number of aryl methyl sites for hydroxylation is 1. The molecule has 1 rings (SSSR count). The van der Waals surface area contributed by atoms with E-state index in [2.05, 4.69) is 32.9 Å². The summed E-state index contributed by atoms with van der Waals surface area (Å²) in [5.41, 5.74) is 9.52. The third kappa shape index (κ3) is 2.76. The summed E-state index contributed by atoms with van der Waals surface area (Å²) in [4.78, 5) is 0. The van der Waals surface area contributed by atoms with E-state index in [-0.39, 0.29) is 0 Å². The van der Waals surface area contributed by atoms with Crippen LogP contribution in [0.25, 0.3) is 0 Å². The van der Waals surface area contributed by atoms with Crippen LogP contribution in [0.2, 0.25) is 0 Å². The zero-order chi connectivity index (χ0) is 12.1. The molecule has 0 saturated heterocycles. The van der Waals surface area contributed by atoms with Crippen molar-refractivity contribution in [2.45, 2.75) is 39.5 Å². The number of benzene rings is 1. The van der Waals surface area contributed by atoms with E-state index in [1.54, 1.807) is 7.11 Å². The minimum Gasteiger partial charge on any atom is -0.496 e. The lowest BCUT2D eigenvalue weighted by Gasteiger charge is -2.18. The topological polar surface area (TPSA) is 35.2 Å². The maximum absolute atomic E-state index is 5.59. The smallest absolute Gasteiger partial charge is 0.125 e. The fourth-order valence-electron chi connectivity index (χ4n) is 2.12. The summed E-state index contributed by atoms with van der Waals surface area (Å²) in [7, 11) is 1.75. The second kappa shape index (κ2) is 5.90. The highest BCUT2D eigenvalue weighted by Crippen LogP contribution is 2.31. The lowest BCUT2D eigenvalue weighted by molar-refractivity contribution is 0.405. The summed E-state index contributed by atoms with van der Waals surface area (Å²) in [5, 5.41) is 0. The van der Waals surface area contributed by atoms with Crippen LogP contribution in [-0.2, 0) is 6.42 Å². The molecule has 16 heavy (non-hydrogen) atoms. The number of methoxy groups -OCH3 is 1. The van der Waals surface area contributed by atoms with Gasteiger partial charge in [-0.25, -0.2) is 0 Å². The Bertz CT molecular complexity index is 345. The molecule has 0 unspecified atom stereocenters. The molecule has 0 radical (unpaired) electrons. The third-order valence-corrected chi connectivity index (χ3v) is 2.95. The predicted octanol–water partition coefficient (Wildman–Crippen LogP) is 3.02. The highest BCUT2D eigenvalue weighted by atomic mass is 16.5. The van der Waals surface area contributed by atoms with Crippen LogP contribution in [0.1, 0.15) is 42.9 Å². The molecule has 2 N–H and O–H groups in total. The van der Waals surface area contributed by atoms with Gasteiger partial charge >= 0.3 is 0 Å². The number of hydrogen-bond donors (Lipinski definition) is 1. The van der Waals surface area contributed by atoms with Gasteiger partial charge in [0.2, 0.25) is 0 Å². The molecule has 2 nitrogen and oxygen atoms in total. The van der Waals surface area contributed by atoms with Gasteiger partial charge in [0.15, 0.2) is 0 Å². The second-order valence-electron chi connectivity index (χ2n) is 4.53. The molecule has 0 aliphatic rings. The standard InChI is InChI=1S/C14H23NO/c1-10(2)12-8-7-11(3)14(16-4)13(12)6-5-9-15/h7-8,10H,5-6,9,15H2,1-4H3. The van der Waals surface area contributed by atoms with Gasteiger partial charge in [-0.15, -0.1) is 0 Å². The first kappa shape index (κ1) is 13.0. The molecule has 0 atom stereocenters. The zero-order valence-corrected chi connectivity index (χ0v) is 10.8. The molecule has 1 aromatic carbocycles. The van der Waals surface area contributed by atoms with Crippen LogP contribution in [0.5, 0.6) is 5.75 Å². The maximum Gasteiger partial charge on any atom is 0.125 e. The number of nitrogens with two attached hydrogens (primary N) is 1. The third-order valence-electron chi connectivity index (χ3n) is 2.95. The fraction of sp³-hybridized carbons (Fsp3) is 0.571. The highest BCUT2D eigenvalue weighted by molar-refractivity contribution is 5.47. The predicted molar refractivity (Wildman–Crippen MR) is 69.2 cm³/mol. The molecule has 0 aliphatic heterocycles. The van der Waals surface area contributed by atoms with Gasteiger partial charge < -0.3 is 10.5 Å². The molecular weight excluding hydrogens is 198 g/mol. The van der Waals surface area contributed by atoms with Gasteiger partial charge in [0, 0.05) is 0 Å². The first-order valence-electron chi connectivity index (χ1n) is 5.98. The highest BCUT2D eigenvalue weighted by Gasteiger charge is 2.13. The fourth-order valence-corrected chi connectivity index (χ4v) is 2.12. The molecule has 0 fully saturated rings. The van der Waals surface area contributed by atoms with Gasteiger partial charge in [0.1, 0.15) is 5.75 Å². The van der Waals surface area contributed by atoms with Gasteiger partial charge in [0.25, 0.3) is 0 Å². The Balaban J connectivity index is 3.18. The van der Waals surface area contributed by atoms with E-state index in [9.17, 15) is 0 Å². The van der Waals surface area contributed by atoms with Gasteiger partial charge in [0.05, 0.1) is 7.11 Å². The van der Waals surface area contributed by atoms with E-state index < -0.39 is 0 Å². The van der Waals surface area contributed by atoms with Crippen molar-refractivity contribution in [2.75, 3.05) is 13.7 Å². The maximum atomic E-state index is 5.59. The van der Waals surface area contributed by atoms with Gasteiger partial charge in [-0.2, -0.15) is 0 Å². The molecule has 0 heterocycles. The molecule has 0 amide bonds.